The van der Waals surface area contributed by atoms with Crippen LogP contribution in [0.3, 0.4) is 0 Å². The second-order valence-corrected chi connectivity index (χ2v) is 16.7. The lowest BCUT2D eigenvalue weighted by Crippen LogP contribution is -2.40. The molecule has 0 bridgehead atoms. The zero-order valence-corrected chi connectivity index (χ0v) is 39.1. The number of hydrogen-bond acceptors (Lipinski definition) is 19. The Hall–Kier alpha value is -5.98. The first kappa shape index (κ1) is 48.5. The van der Waals surface area contributed by atoms with E-state index in [1.807, 2.05) is 29.9 Å². The lowest BCUT2D eigenvalue weighted by atomic mass is 9.99. The number of imidazole rings is 1. The normalized spacial score (nSPS) is 17.5. The highest BCUT2D eigenvalue weighted by Crippen LogP contribution is 2.32. The van der Waals surface area contributed by atoms with Crippen molar-refractivity contribution >= 4 is 45.9 Å². The highest BCUT2D eigenvalue weighted by molar-refractivity contribution is 5.87. The van der Waals surface area contributed by atoms with Crippen LogP contribution in [0.25, 0.3) is 16.8 Å². The Labute approximate surface area is 394 Å². The van der Waals surface area contributed by atoms with Gasteiger partial charge in [0.25, 0.3) is 5.88 Å². The summed E-state index contributed by atoms with van der Waals surface area (Å²) < 4.78 is 53.6. The van der Waals surface area contributed by atoms with Crippen molar-refractivity contribution in [2.75, 3.05) is 113 Å². The number of pyridine rings is 1. The zero-order chi connectivity index (χ0) is 47.2. The maximum absolute atomic E-state index is 14.2. The van der Waals surface area contributed by atoms with E-state index in [-0.39, 0.29) is 19.2 Å². The number of methoxy groups -OCH3 is 1. The third kappa shape index (κ3) is 12.2. The first-order valence-corrected chi connectivity index (χ1v) is 23.4. The van der Waals surface area contributed by atoms with E-state index in [0.717, 1.165) is 60.6 Å². The van der Waals surface area contributed by atoms with Crippen molar-refractivity contribution in [3.8, 4) is 11.8 Å². The second-order valence-electron chi connectivity index (χ2n) is 16.7. The SMILES string of the molecule is CCc1cnn2c(NCc3ccc(OCCOCCOCCOCCOCCn4cc(Nc5nc(N6C[C@@H](N)[C@H](F)C6)nc6c5ncn6C)c(OC)n4)nc3)cc(N3CCCC[C@H]3CCO)nc12. The topological polar surface area (TPSA) is 237 Å². The molecule has 0 spiro atoms. The van der Waals surface area contributed by atoms with E-state index < -0.39 is 12.2 Å². The first-order chi connectivity index (χ1) is 33.3. The molecule has 2 fully saturated rings. The Bertz CT molecular complexity index is 2490. The number of piperidine rings is 1. The largest absolute Gasteiger partial charge is 0.478 e. The summed E-state index contributed by atoms with van der Waals surface area (Å²) in [6.07, 6.45) is 10.9. The summed E-state index contributed by atoms with van der Waals surface area (Å²) in [5.41, 5.74) is 10.6. The van der Waals surface area contributed by atoms with Gasteiger partial charge in [-0.2, -0.15) is 19.6 Å². The van der Waals surface area contributed by atoms with Gasteiger partial charge in [-0.05, 0) is 37.7 Å². The van der Waals surface area contributed by atoms with Crippen LogP contribution < -0.4 is 35.6 Å². The van der Waals surface area contributed by atoms with Crippen molar-refractivity contribution in [3.05, 3.63) is 54.2 Å². The van der Waals surface area contributed by atoms with E-state index in [2.05, 4.69) is 58.7 Å². The summed E-state index contributed by atoms with van der Waals surface area (Å²) in [6, 6.07) is 5.58. The summed E-state index contributed by atoms with van der Waals surface area (Å²) in [5, 5.41) is 25.7. The number of aryl methyl sites for hydroxylation is 2. The lowest BCUT2D eigenvalue weighted by molar-refractivity contribution is -0.00552. The number of nitrogens with zero attached hydrogens (tertiary/aromatic N) is 12. The number of halogens is 1. The molecule has 8 rings (SSSR count). The fourth-order valence-corrected chi connectivity index (χ4v) is 8.25. The van der Waals surface area contributed by atoms with Crippen molar-refractivity contribution in [2.45, 2.75) is 70.4 Å². The molecule has 5 N–H and O–H groups in total. The smallest absolute Gasteiger partial charge is 0.256 e. The molecule has 2 aliphatic heterocycles. The Morgan fingerprint density at radius 3 is 2.40 bits per heavy atom. The summed E-state index contributed by atoms with van der Waals surface area (Å²) in [6.45, 7) is 8.41. The number of alkyl halides is 1. The van der Waals surface area contributed by atoms with Crippen LogP contribution in [0.2, 0.25) is 0 Å². The van der Waals surface area contributed by atoms with Gasteiger partial charge in [-0.15, -0.1) is 5.10 Å². The molecule has 0 saturated carbocycles. The Kier molecular flexibility index (Phi) is 17.0. The monoisotopic (exact) mass is 946 g/mol. The number of rotatable bonds is 27. The number of aliphatic hydroxyl groups is 1. The molecule has 6 aromatic heterocycles. The van der Waals surface area contributed by atoms with Crippen LogP contribution in [-0.4, -0.2) is 165 Å². The predicted octanol–water partition coefficient (Wildman–Crippen LogP) is 3.30. The number of fused-ring (bicyclic) bond motifs is 2. The minimum atomic E-state index is -1.16. The van der Waals surface area contributed by atoms with Crippen LogP contribution in [0.15, 0.2) is 43.1 Å². The number of nitrogens with two attached hydrogens (primary N) is 1. The molecule has 0 radical (unpaired) electrons. The number of anilines is 5. The van der Waals surface area contributed by atoms with Crippen molar-refractivity contribution in [3.63, 3.8) is 0 Å². The third-order valence-corrected chi connectivity index (χ3v) is 11.9. The molecule has 0 unspecified atom stereocenters. The standard InChI is InChI=1S/C45H64FN15O7/c1-4-32-26-51-61-37(23-38(53-42(32)61)60-11-6-5-7-33(60)10-13-62)48-24-31-8-9-39(49-25-31)68-22-21-67-20-19-66-18-17-65-16-15-64-14-12-59-29-36(44(56-59)63-3)52-41-40-43(57(2)30-50-40)55-45(54-41)58-27-34(46)35(47)28-58/h8-9,23,25-26,29-30,33-35,48,62H,4-7,10-22,24,27-28,47H2,1-3H3,(H,52,54,55)/t33-,34+,35+/m0/s1. The molecule has 3 atom stereocenters. The van der Waals surface area contributed by atoms with E-state index in [1.165, 1.54) is 13.5 Å². The Morgan fingerprint density at radius 1 is 0.912 bits per heavy atom. The minimum Gasteiger partial charge on any atom is -0.478 e. The molecule has 68 heavy (non-hydrogen) atoms. The van der Waals surface area contributed by atoms with Crippen LogP contribution in [0, 0.1) is 0 Å². The number of hydrogen-bond donors (Lipinski definition) is 4. The highest BCUT2D eigenvalue weighted by Gasteiger charge is 2.32. The molecular formula is C45H64FN15O7. The fourth-order valence-electron chi connectivity index (χ4n) is 8.25. The zero-order valence-electron chi connectivity index (χ0n) is 39.1. The molecular weight excluding hydrogens is 882 g/mol. The molecule has 0 aromatic carbocycles. The molecule has 23 heteroatoms. The fraction of sp³-hybridized carbons (Fsp3) is 0.578. The lowest BCUT2D eigenvalue weighted by Gasteiger charge is -2.36. The van der Waals surface area contributed by atoms with E-state index in [4.69, 9.17) is 39.1 Å². The van der Waals surface area contributed by atoms with Crippen molar-refractivity contribution in [2.24, 2.45) is 12.8 Å². The molecule has 0 amide bonds. The molecule has 2 aliphatic rings. The van der Waals surface area contributed by atoms with Gasteiger partial charge in [0.15, 0.2) is 22.6 Å². The molecule has 6 aromatic rings. The van der Waals surface area contributed by atoms with Gasteiger partial charge in [0.05, 0.1) is 97.8 Å². The van der Waals surface area contributed by atoms with Gasteiger partial charge in [-0.1, -0.05) is 13.0 Å². The van der Waals surface area contributed by atoms with Crippen LogP contribution >= 0.6 is 0 Å². The van der Waals surface area contributed by atoms with Gasteiger partial charge in [-0.3, -0.25) is 4.68 Å². The predicted molar refractivity (Wildman–Crippen MR) is 253 cm³/mol. The van der Waals surface area contributed by atoms with Gasteiger partial charge in [-0.25, -0.2) is 19.3 Å². The second kappa shape index (κ2) is 23.8. The van der Waals surface area contributed by atoms with Crippen molar-refractivity contribution in [1.29, 1.82) is 0 Å². The molecule has 368 valence electrons. The van der Waals surface area contributed by atoms with E-state index in [9.17, 15) is 9.50 Å². The number of aromatic nitrogens is 10. The van der Waals surface area contributed by atoms with Gasteiger partial charge in [0.1, 0.15) is 30.1 Å². The van der Waals surface area contributed by atoms with Gasteiger partial charge in [0, 0.05) is 63.2 Å². The van der Waals surface area contributed by atoms with E-state index in [0.29, 0.717) is 119 Å². The molecule has 2 saturated heterocycles. The van der Waals surface area contributed by atoms with Crippen LogP contribution in [0.5, 0.6) is 11.8 Å². The van der Waals surface area contributed by atoms with Crippen LogP contribution in [-0.2, 0) is 45.5 Å². The highest BCUT2D eigenvalue weighted by atomic mass is 19.1. The molecule has 0 aliphatic carbocycles. The van der Waals surface area contributed by atoms with Crippen molar-refractivity contribution in [1.82, 2.24) is 48.9 Å². The van der Waals surface area contributed by atoms with E-state index in [1.54, 1.807) is 32.9 Å². The maximum atomic E-state index is 14.2. The maximum Gasteiger partial charge on any atom is 0.256 e. The third-order valence-electron chi connectivity index (χ3n) is 11.9. The Balaban J connectivity index is 0.668. The van der Waals surface area contributed by atoms with Gasteiger partial charge < -0.3 is 64.3 Å². The van der Waals surface area contributed by atoms with Crippen molar-refractivity contribution < 1.29 is 37.9 Å². The average molecular weight is 946 g/mol. The Morgan fingerprint density at radius 2 is 1.69 bits per heavy atom. The number of aliphatic hydroxyl groups excluding tert-OH is 1. The number of ether oxygens (including phenoxy) is 6. The average Bonchev–Trinajstić information content (AvgIpc) is 4.15. The molecule has 22 nitrogen and oxygen atoms in total. The quantitative estimate of drug-likeness (QED) is 0.0542. The van der Waals surface area contributed by atoms with Crippen LogP contribution in [0.1, 0.15) is 43.7 Å². The summed E-state index contributed by atoms with van der Waals surface area (Å²) in [4.78, 5) is 27.4. The summed E-state index contributed by atoms with van der Waals surface area (Å²) in [5.74, 6) is 3.47. The van der Waals surface area contributed by atoms with E-state index >= 15 is 0 Å². The first-order valence-electron chi connectivity index (χ1n) is 23.4. The number of nitrogens with one attached hydrogen (secondary N) is 2. The van der Waals surface area contributed by atoms with Gasteiger partial charge in [0.2, 0.25) is 11.8 Å². The minimum absolute atomic E-state index is 0.120. The molecule has 8 heterocycles. The van der Waals surface area contributed by atoms with Gasteiger partial charge >= 0.3 is 0 Å². The summed E-state index contributed by atoms with van der Waals surface area (Å²) >= 11 is 0. The summed E-state index contributed by atoms with van der Waals surface area (Å²) in [7, 11) is 3.38. The van der Waals surface area contributed by atoms with Crippen LogP contribution in [0.4, 0.5) is 33.5 Å².